The second kappa shape index (κ2) is 6.41. The van der Waals surface area contributed by atoms with Crippen molar-refractivity contribution >= 4 is 21.6 Å². The summed E-state index contributed by atoms with van der Waals surface area (Å²) in [4.78, 5) is 2.29. The van der Waals surface area contributed by atoms with E-state index in [1.54, 1.807) is 0 Å². The van der Waals surface area contributed by atoms with Crippen LogP contribution in [0.4, 0.5) is 0 Å². The first kappa shape index (κ1) is 13.6. The van der Waals surface area contributed by atoms with Gasteiger partial charge in [0.15, 0.2) is 9.84 Å². The van der Waals surface area contributed by atoms with Crippen molar-refractivity contribution in [2.24, 2.45) is 0 Å². The van der Waals surface area contributed by atoms with E-state index in [2.05, 4.69) is 22.0 Å². The lowest BCUT2D eigenvalue weighted by molar-refractivity contribution is 0.314. The molecule has 6 heteroatoms. The fourth-order valence-electron chi connectivity index (χ4n) is 2.28. The van der Waals surface area contributed by atoms with Crippen LogP contribution in [0.2, 0.25) is 0 Å². The van der Waals surface area contributed by atoms with Gasteiger partial charge in [0.05, 0.1) is 11.5 Å². The molecule has 0 aliphatic carbocycles. The van der Waals surface area contributed by atoms with Gasteiger partial charge in [-0.25, -0.2) is 8.42 Å². The molecule has 0 bridgehead atoms. The number of hydrogen-bond donors (Lipinski definition) is 1. The molecule has 2 saturated heterocycles. The lowest BCUT2D eigenvalue weighted by atomic mass is 10.2. The molecule has 2 fully saturated rings. The summed E-state index contributed by atoms with van der Waals surface area (Å²) in [5.74, 6) is 1.85. The van der Waals surface area contributed by atoms with E-state index in [0.717, 1.165) is 43.7 Å². The van der Waals surface area contributed by atoms with Crippen LogP contribution in [0, 0.1) is 0 Å². The average Bonchev–Trinajstić information content (AvgIpc) is 2.33. The molecule has 0 saturated carbocycles. The summed E-state index contributed by atoms with van der Waals surface area (Å²) in [6, 6.07) is 0. The van der Waals surface area contributed by atoms with Crippen molar-refractivity contribution in [3.05, 3.63) is 0 Å². The standard InChI is InChI=1S/C11H22N2O2S2/c14-17(15)9-6-13(7-10-17)5-8-16-11-1-3-12-4-2-11/h11-12H,1-10H2. The molecule has 0 unspecified atom stereocenters. The molecule has 0 aromatic rings. The number of hydrogen-bond acceptors (Lipinski definition) is 5. The fourth-order valence-corrected chi connectivity index (χ4v) is 4.83. The van der Waals surface area contributed by atoms with Gasteiger partial charge in [-0.15, -0.1) is 0 Å². The third kappa shape index (κ3) is 4.77. The molecule has 2 aliphatic rings. The van der Waals surface area contributed by atoms with Crippen molar-refractivity contribution in [2.45, 2.75) is 18.1 Å². The number of nitrogens with one attached hydrogen (secondary N) is 1. The van der Waals surface area contributed by atoms with Gasteiger partial charge in [-0.1, -0.05) is 0 Å². The number of piperidine rings is 1. The van der Waals surface area contributed by atoms with Gasteiger partial charge < -0.3 is 10.2 Å². The van der Waals surface area contributed by atoms with Crippen LogP contribution in [0.5, 0.6) is 0 Å². The van der Waals surface area contributed by atoms with Crippen LogP contribution in [-0.2, 0) is 9.84 Å². The number of sulfone groups is 1. The minimum absolute atomic E-state index is 0.352. The molecule has 0 amide bonds. The molecule has 1 N–H and O–H groups in total. The van der Waals surface area contributed by atoms with E-state index < -0.39 is 9.84 Å². The second-order valence-electron chi connectivity index (χ2n) is 4.81. The van der Waals surface area contributed by atoms with E-state index >= 15 is 0 Å². The molecule has 2 rings (SSSR count). The van der Waals surface area contributed by atoms with E-state index in [0.29, 0.717) is 11.5 Å². The molecule has 2 heterocycles. The number of thioether (sulfide) groups is 1. The molecule has 0 radical (unpaired) electrons. The van der Waals surface area contributed by atoms with E-state index in [4.69, 9.17) is 0 Å². The predicted octanol–water partition coefficient (Wildman–Crippen LogP) is 0.202. The molecule has 2 aliphatic heterocycles. The average molecular weight is 278 g/mol. The first-order chi connectivity index (χ1) is 8.16. The maximum atomic E-state index is 11.3. The van der Waals surface area contributed by atoms with Gasteiger partial charge in [-0.05, 0) is 25.9 Å². The highest BCUT2D eigenvalue weighted by Crippen LogP contribution is 2.20. The molecule has 4 nitrogen and oxygen atoms in total. The summed E-state index contributed by atoms with van der Waals surface area (Å²) in [6.45, 7) is 4.81. The van der Waals surface area contributed by atoms with Crippen molar-refractivity contribution in [1.29, 1.82) is 0 Å². The Kier molecular flexibility index (Phi) is 5.14. The molecule has 100 valence electrons. The van der Waals surface area contributed by atoms with Crippen LogP contribution >= 0.6 is 11.8 Å². The first-order valence-corrected chi connectivity index (χ1v) is 9.28. The van der Waals surface area contributed by atoms with Crippen molar-refractivity contribution in [3.8, 4) is 0 Å². The van der Waals surface area contributed by atoms with Crippen molar-refractivity contribution in [3.63, 3.8) is 0 Å². The van der Waals surface area contributed by atoms with E-state index in [9.17, 15) is 8.42 Å². The van der Waals surface area contributed by atoms with Gasteiger partial charge in [0.1, 0.15) is 0 Å². The largest absolute Gasteiger partial charge is 0.317 e. The minimum Gasteiger partial charge on any atom is -0.317 e. The molecule has 0 spiro atoms. The van der Waals surface area contributed by atoms with Gasteiger partial charge in [-0.3, -0.25) is 0 Å². The maximum Gasteiger partial charge on any atom is 0.152 e. The van der Waals surface area contributed by atoms with Crippen LogP contribution in [0.3, 0.4) is 0 Å². The van der Waals surface area contributed by atoms with E-state index in [1.165, 1.54) is 12.8 Å². The van der Waals surface area contributed by atoms with Crippen LogP contribution in [0.25, 0.3) is 0 Å². The molecular weight excluding hydrogens is 256 g/mol. The zero-order valence-corrected chi connectivity index (χ0v) is 11.9. The Bertz CT molecular complexity index is 312. The Hall–Kier alpha value is 0.220. The summed E-state index contributed by atoms with van der Waals surface area (Å²) in [5.41, 5.74) is 0. The minimum atomic E-state index is -2.72. The Morgan fingerprint density at radius 1 is 1.18 bits per heavy atom. The zero-order valence-electron chi connectivity index (χ0n) is 10.2. The SMILES string of the molecule is O=S1(=O)CCN(CCSC2CCNCC2)CC1. The molecule has 0 aromatic carbocycles. The smallest absolute Gasteiger partial charge is 0.152 e. The highest BCUT2D eigenvalue weighted by atomic mass is 32.2. The third-order valence-electron chi connectivity index (χ3n) is 3.48. The van der Waals surface area contributed by atoms with Crippen LogP contribution in [-0.4, -0.2) is 68.5 Å². The monoisotopic (exact) mass is 278 g/mol. The normalized spacial score (nSPS) is 27.1. The molecular formula is C11H22N2O2S2. The summed E-state index contributed by atoms with van der Waals surface area (Å²) in [7, 11) is -2.72. The molecule has 0 atom stereocenters. The Morgan fingerprint density at radius 2 is 1.82 bits per heavy atom. The zero-order chi connectivity index (χ0) is 12.1. The lowest BCUT2D eigenvalue weighted by Gasteiger charge is -2.27. The van der Waals surface area contributed by atoms with Crippen LogP contribution < -0.4 is 5.32 Å². The van der Waals surface area contributed by atoms with Gasteiger partial charge >= 0.3 is 0 Å². The van der Waals surface area contributed by atoms with Gasteiger partial charge in [-0.2, -0.15) is 11.8 Å². The molecule has 0 aromatic heterocycles. The number of rotatable bonds is 4. The predicted molar refractivity (Wildman–Crippen MR) is 73.4 cm³/mol. The summed E-state index contributed by atoms with van der Waals surface area (Å²) in [5, 5.41) is 4.18. The first-order valence-electron chi connectivity index (χ1n) is 6.41. The second-order valence-corrected chi connectivity index (χ2v) is 8.53. The Morgan fingerprint density at radius 3 is 2.47 bits per heavy atom. The highest BCUT2D eigenvalue weighted by molar-refractivity contribution is 7.99. The topological polar surface area (TPSA) is 49.4 Å². The third-order valence-corrected chi connectivity index (χ3v) is 6.45. The van der Waals surface area contributed by atoms with Crippen LogP contribution in [0.1, 0.15) is 12.8 Å². The van der Waals surface area contributed by atoms with Crippen LogP contribution in [0.15, 0.2) is 0 Å². The highest BCUT2D eigenvalue weighted by Gasteiger charge is 2.21. The summed E-state index contributed by atoms with van der Waals surface area (Å²) < 4.78 is 22.6. The maximum absolute atomic E-state index is 11.3. The summed E-state index contributed by atoms with van der Waals surface area (Å²) >= 11 is 2.06. The van der Waals surface area contributed by atoms with E-state index in [1.807, 2.05) is 0 Å². The number of nitrogens with zero attached hydrogens (tertiary/aromatic N) is 1. The Labute approximate surface area is 108 Å². The van der Waals surface area contributed by atoms with Crippen molar-refractivity contribution < 1.29 is 8.42 Å². The lowest BCUT2D eigenvalue weighted by Crippen LogP contribution is -2.41. The van der Waals surface area contributed by atoms with E-state index in [-0.39, 0.29) is 0 Å². The van der Waals surface area contributed by atoms with Gasteiger partial charge in [0, 0.05) is 30.6 Å². The molecule has 17 heavy (non-hydrogen) atoms. The quantitative estimate of drug-likeness (QED) is 0.796. The summed E-state index contributed by atoms with van der Waals surface area (Å²) in [6.07, 6.45) is 2.55. The van der Waals surface area contributed by atoms with Gasteiger partial charge in [0.2, 0.25) is 0 Å². The van der Waals surface area contributed by atoms with Crippen molar-refractivity contribution in [1.82, 2.24) is 10.2 Å². The Balaban J connectivity index is 1.59. The van der Waals surface area contributed by atoms with Crippen molar-refractivity contribution in [2.75, 3.05) is 50.0 Å². The fraction of sp³-hybridized carbons (Fsp3) is 1.00. The van der Waals surface area contributed by atoms with Gasteiger partial charge in [0.25, 0.3) is 0 Å².